The maximum absolute atomic E-state index is 13.4. The van der Waals surface area contributed by atoms with Crippen LogP contribution in [-0.2, 0) is 0 Å². The number of anilines is 1. The van der Waals surface area contributed by atoms with Crippen LogP contribution in [0.3, 0.4) is 0 Å². The number of likely N-dealkylation sites (tertiary alicyclic amines) is 1. The van der Waals surface area contributed by atoms with Crippen molar-refractivity contribution in [2.45, 2.75) is 39.7 Å². The minimum Gasteiger partial charge on any atom is -0.355 e. The molecule has 1 saturated heterocycles. The number of para-hydroxylation sites is 1. The first kappa shape index (κ1) is 18.3. The van der Waals surface area contributed by atoms with Gasteiger partial charge < -0.3 is 10.2 Å². The maximum Gasteiger partial charge on any atom is 0.254 e. The minimum absolute atomic E-state index is 0.0782. The van der Waals surface area contributed by atoms with E-state index in [1.807, 2.05) is 43.0 Å². The Balaban J connectivity index is 1.84. The van der Waals surface area contributed by atoms with E-state index in [2.05, 4.69) is 22.2 Å². The summed E-state index contributed by atoms with van der Waals surface area (Å²) < 4.78 is 0. The second-order valence-electron chi connectivity index (χ2n) is 7.34. The van der Waals surface area contributed by atoms with Crippen molar-refractivity contribution < 1.29 is 4.79 Å². The Morgan fingerprint density at radius 1 is 1.29 bits per heavy atom. The monoisotopic (exact) mass is 375 g/mol. The van der Waals surface area contributed by atoms with Crippen LogP contribution in [0.25, 0.3) is 22.2 Å². The summed E-state index contributed by atoms with van der Waals surface area (Å²) in [5, 5.41) is 3.99. The van der Waals surface area contributed by atoms with E-state index >= 15 is 0 Å². The molecule has 1 aromatic carbocycles. The van der Waals surface area contributed by atoms with Crippen molar-refractivity contribution in [3.8, 4) is 11.3 Å². The van der Waals surface area contributed by atoms with Crippen LogP contribution < -0.4 is 5.32 Å². The first-order chi connectivity index (χ1) is 13.6. The van der Waals surface area contributed by atoms with Crippen molar-refractivity contribution in [1.29, 1.82) is 0 Å². The number of hydrogen-bond acceptors (Lipinski definition) is 5. The third-order valence-corrected chi connectivity index (χ3v) is 5.37. The molecule has 6 nitrogen and oxygen atoms in total. The number of nitrogens with zero attached hydrogens (tertiary/aromatic N) is 4. The highest BCUT2D eigenvalue weighted by Crippen LogP contribution is 2.29. The lowest BCUT2D eigenvalue weighted by atomic mass is 10.0. The maximum atomic E-state index is 13.4. The minimum atomic E-state index is 0.0782. The third kappa shape index (κ3) is 3.30. The van der Waals surface area contributed by atoms with Gasteiger partial charge in [-0.1, -0.05) is 18.2 Å². The van der Waals surface area contributed by atoms with Crippen LogP contribution in [0, 0.1) is 6.92 Å². The Bertz CT molecular complexity index is 1020. The van der Waals surface area contributed by atoms with Crippen LogP contribution in [0.4, 0.5) is 5.95 Å². The van der Waals surface area contributed by atoms with Crippen molar-refractivity contribution in [2.75, 3.05) is 18.4 Å². The number of carbonyl (C=O) groups is 1. The zero-order valence-electron chi connectivity index (χ0n) is 16.6. The highest BCUT2D eigenvalue weighted by molar-refractivity contribution is 6.08. The summed E-state index contributed by atoms with van der Waals surface area (Å²) in [4.78, 5) is 28.9. The average molecular weight is 375 g/mol. The summed E-state index contributed by atoms with van der Waals surface area (Å²) in [5.41, 5.74) is 4.13. The van der Waals surface area contributed by atoms with Gasteiger partial charge in [-0.05, 0) is 45.2 Å². The van der Waals surface area contributed by atoms with Gasteiger partial charge in [-0.15, -0.1) is 0 Å². The molecule has 2 aromatic heterocycles. The number of hydrogen-bond donors (Lipinski definition) is 1. The number of carbonyl (C=O) groups excluding carboxylic acids is 1. The molecule has 3 aromatic rings. The van der Waals surface area contributed by atoms with Crippen LogP contribution in [0.1, 0.15) is 42.6 Å². The Kier molecular flexibility index (Phi) is 4.94. The van der Waals surface area contributed by atoms with Gasteiger partial charge in [0.15, 0.2) is 0 Å². The van der Waals surface area contributed by atoms with Gasteiger partial charge in [0.2, 0.25) is 5.95 Å². The van der Waals surface area contributed by atoms with Crippen molar-refractivity contribution in [3.05, 3.63) is 47.8 Å². The van der Waals surface area contributed by atoms with Gasteiger partial charge >= 0.3 is 0 Å². The van der Waals surface area contributed by atoms with E-state index in [4.69, 9.17) is 4.98 Å². The highest BCUT2D eigenvalue weighted by atomic mass is 16.2. The number of aromatic nitrogens is 3. The van der Waals surface area contributed by atoms with Crippen molar-refractivity contribution in [3.63, 3.8) is 0 Å². The molecule has 6 heteroatoms. The molecule has 0 saturated carbocycles. The second kappa shape index (κ2) is 7.54. The summed E-state index contributed by atoms with van der Waals surface area (Å²) in [6.45, 7) is 7.72. The number of rotatable bonds is 4. The summed E-state index contributed by atoms with van der Waals surface area (Å²) in [6, 6.07) is 8.15. The van der Waals surface area contributed by atoms with Gasteiger partial charge in [0.1, 0.15) is 0 Å². The molecule has 4 rings (SSSR count). The fourth-order valence-corrected chi connectivity index (χ4v) is 3.82. The van der Waals surface area contributed by atoms with Crippen LogP contribution in [0.15, 0.2) is 36.7 Å². The number of amides is 1. The van der Waals surface area contributed by atoms with E-state index in [9.17, 15) is 4.79 Å². The lowest BCUT2D eigenvalue weighted by Crippen LogP contribution is -2.33. The summed E-state index contributed by atoms with van der Waals surface area (Å²) >= 11 is 0. The Hall–Kier alpha value is -3.02. The molecule has 1 atom stereocenters. The first-order valence-corrected chi connectivity index (χ1v) is 9.86. The summed E-state index contributed by atoms with van der Waals surface area (Å²) in [6.07, 6.45) is 5.62. The third-order valence-electron chi connectivity index (χ3n) is 5.37. The first-order valence-electron chi connectivity index (χ1n) is 9.86. The summed E-state index contributed by atoms with van der Waals surface area (Å²) in [7, 11) is 0. The second-order valence-corrected chi connectivity index (χ2v) is 7.34. The number of fused-ring (bicyclic) bond motifs is 1. The zero-order chi connectivity index (χ0) is 19.7. The van der Waals surface area contributed by atoms with Crippen LogP contribution >= 0.6 is 0 Å². The molecule has 1 fully saturated rings. The molecule has 0 spiro atoms. The van der Waals surface area contributed by atoms with Crippen molar-refractivity contribution in [1.82, 2.24) is 19.9 Å². The van der Waals surface area contributed by atoms with Crippen LogP contribution in [0.2, 0.25) is 0 Å². The van der Waals surface area contributed by atoms with E-state index < -0.39 is 0 Å². The van der Waals surface area contributed by atoms with Gasteiger partial charge in [-0.3, -0.25) is 4.79 Å². The molecule has 1 aliphatic rings. The number of benzene rings is 1. The van der Waals surface area contributed by atoms with E-state index in [-0.39, 0.29) is 11.9 Å². The number of aryl methyl sites for hydroxylation is 1. The molecular weight excluding hydrogens is 350 g/mol. The average Bonchev–Trinajstić information content (AvgIpc) is 3.14. The molecular formula is C22H25N5O. The molecule has 0 radical (unpaired) electrons. The Morgan fingerprint density at radius 3 is 2.75 bits per heavy atom. The van der Waals surface area contributed by atoms with E-state index in [0.29, 0.717) is 11.5 Å². The van der Waals surface area contributed by atoms with E-state index in [1.165, 1.54) is 0 Å². The lowest BCUT2D eigenvalue weighted by Gasteiger charge is -2.22. The predicted octanol–water partition coefficient (Wildman–Crippen LogP) is 4.06. The highest BCUT2D eigenvalue weighted by Gasteiger charge is 2.28. The predicted molar refractivity (Wildman–Crippen MR) is 111 cm³/mol. The number of nitrogens with one attached hydrogen (secondary N) is 1. The Labute approximate surface area is 165 Å². The Morgan fingerprint density at radius 2 is 2.07 bits per heavy atom. The van der Waals surface area contributed by atoms with Gasteiger partial charge in [0, 0.05) is 42.5 Å². The molecule has 28 heavy (non-hydrogen) atoms. The van der Waals surface area contributed by atoms with Crippen molar-refractivity contribution in [2.24, 2.45) is 0 Å². The van der Waals surface area contributed by atoms with E-state index in [1.54, 1.807) is 12.4 Å². The summed E-state index contributed by atoms with van der Waals surface area (Å²) in [5.74, 6) is 0.667. The van der Waals surface area contributed by atoms with Crippen LogP contribution in [0.5, 0.6) is 0 Å². The number of pyridine rings is 1. The van der Waals surface area contributed by atoms with Gasteiger partial charge in [-0.25, -0.2) is 15.0 Å². The molecule has 0 aliphatic carbocycles. The normalized spacial score (nSPS) is 16.5. The molecule has 1 N–H and O–H groups in total. The van der Waals surface area contributed by atoms with Gasteiger partial charge in [-0.2, -0.15) is 0 Å². The molecule has 0 bridgehead atoms. The van der Waals surface area contributed by atoms with E-state index in [0.717, 1.165) is 53.7 Å². The SMILES string of the molecule is CCNc1ncc(-c2cc(C(=O)N3CCCC3C)c3cccc(C)c3n2)cn1. The van der Waals surface area contributed by atoms with Crippen LogP contribution in [-0.4, -0.2) is 44.9 Å². The molecule has 3 heterocycles. The van der Waals surface area contributed by atoms with Gasteiger partial charge in [0.25, 0.3) is 5.91 Å². The molecule has 1 unspecified atom stereocenters. The zero-order valence-corrected chi connectivity index (χ0v) is 16.6. The topological polar surface area (TPSA) is 71.0 Å². The molecule has 1 amide bonds. The molecule has 144 valence electrons. The molecule has 1 aliphatic heterocycles. The van der Waals surface area contributed by atoms with Crippen molar-refractivity contribution >= 4 is 22.8 Å². The fraction of sp³-hybridized carbons (Fsp3) is 0.364. The quantitative estimate of drug-likeness (QED) is 0.745. The smallest absolute Gasteiger partial charge is 0.254 e. The largest absolute Gasteiger partial charge is 0.355 e. The fourth-order valence-electron chi connectivity index (χ4n) is 3.82. The van der Waals surface area contributed by atoms with Gasteiger partial charge in [0.05, 0.1) is 16.8 Å². The lowest BCUT2D eigenvalue weighted by molar-refractivity contribution is 0.0749. The standard InChI is InChI=1S/C22H25N5O/c1-4-23-22-24-12-16(13-25-22)19-11-18(21(28)27-10-6-8-15(27)3)17-9-5-7-14(2)20(17)26-19/h5,7,9,11-13,15H,4,6,8,10H2,1-3H3,(H,23,24,25).